The molecule has 6 aromatic rings. The Labute approximate surface area is 194 Å². The Morgan fingerprint density at radius 1 is 0.912 bits per heavy atom. The maximum Gasteiger partial charge on any atom is 0.183 e. The van der Waals surface area contributed by atoms with E-state index < -0.39 is 0 Å². The second-order valence-corrected chi connectivity index (χ2v) is 8.01. The van der Waals surface area contributed by atoms with Crippen molar-refractivity contribution in [3.05, 3.63) is 96.7 Å². The van der Waals surface area contributed by atoms with Crippen LogP contribution in [-0.2, 0) is 6.42 Å². The van der Waals surface area contributed by atoms with E-state index in [-0.39, 0.29) is 5.78 Å². The predicted octanol–water partition coefficient (Wildman–Crippen LogP) is 5.07. The number of nitrogens with one attached hydrogen (secondary N) is 3. The summed E-state index contributed by atoms with van der Waals surface area (Å²) in [6.45, 7) is 0. The molecule has 4 heterocycles. The van der Waals surface area contributed by atoms with Crippen LogP contribution >= 0.6 is 0 Å². The van der Waals surface area contributed by atoms with E-state index in [4.69, 9.17) is 0 Å². The maximum absolute atomic E-state index is 12.7. The van der Waals surface area contributed by atoms with E-state index in [9.17, 15) is 4.79 Å². The Morgan fingerprint density at radius 2 is 1.88 bits per heavy atom. The van der Waals surface area contributed by atoms with Gasteiger partial charge in [-0.2, -0.15) is 5.10 Å². The fourth-order valence-corrected chi connectivity index (χ4v) is 3.94. The molecule has 0 aliphatic heterocycles. The van der Waals surface area contributed by atoms with E-state index in [1.54, 1.807) is 24.8 Å². The lowest BCUT2D eigenvalue weighted by molar-refractivity contribution is 0.0989. The van der Waals surface area contributed by atoms with E-state index in [1.807, 2.05) is 60.7 Å². The molecule has 0 unspecified atom stereocenters. The fourth-order valence-electron chi connectivity index (χ4n) is 3.94. The minimum Gasteiger partial charge on any atom is -0.352 e. The van der Waals surface area contributed by atoms with Crippen LogP contribution in [-0.4, -0.2) is 35.9 Å². The molecule has 4 aromatic heterocycles. The summed E-state index contributed by atoms with van der Waals surface area (Å²) in [5.74, 6) is 1.30. The summed E-state index contributed by atoms with van der Waals surface area (Å²) in [4.78, 5) is 29.2. The highest BCUT2D eigenvalue weighted by Gasteiger charge is 2.12. The van der Waals surface area contributed by atoms with Crippen LogP contribution < -0.4 is 5.32 Å². The molecule has 0 fully saturated rings. The molecule has 34 heavy (non-hydrogen) atoms. The van der Waals surface area contributed by atoms with Gasteiger partial charge in [-0.25, -0.2) is 9.97 Å². The first-order valence-electron chi connectivity index (χ1n) is 10.8. The molecule has 6 rings (SSSR count). The number of carbonyl (C=O) groups excluding carboxylic acids is 1. The molecule has 0 aliphatic rings. The van der Waals surface area contributed by atoms with Gasteiger partial charge in [0.2, 0.25) is 0 Å². The number of benzene rings is 2. The number of aromatic nitrogens is 6. The largest absolute Gasteiger partial charge is 0.352 e. The average Bonchev–Trinajstić information content (AvgIpc) is 3.51. The van der Waals surface area contributed by atoms with Gasteiger partial charge in [-0.15, -0.1) is 0 Å². The van der Waals surface area contributed by atoms with E-state index in [0.29, 0.717) is 23.8 Å². The van der Waals surface area contributed by atoms with Gasteiger partial charge in [-0.3, -0.25) is 14.9 Å². The van der Waals surface area contributed by atoms with Crippen LogP contribution in [0.3, 0.4) is 0 Å². The van der Waals surface area contributed by atoms with Crippen molar-refractivity contribution in [2.75, 3.05) is 5.32 Å². The Hall–Kier alpha value is -4.85. The minimum atomic E-state index is 0.0165. The van der Waals surface area contributed by atoms with Crippen LogP contribution in [0.2, 0.25) is 0 Å². The number of Topliss-reactive ketones (excluding diaryl/α,β-unsaturated/α-hetero) is 1. The summed E-state index contributed by atoms with van der Waals surface area (Å²) in [5, 5.41) is 12.3. The Bertz CT molecular complexity index is 1640. The lowest BCUT2D eigenvalue weighted by Crippen LogP contribution is -2.03. The van der Waals surface area contributed by atoms with Crippen LogP contribution in [0.15, 0.2) is 85.5 Å². The Kier molecular flexibility index (Phi) is 4.81. The van der Waals surface area contributed by atoms with E-state index in [0.717, 1.165) is 38.6 Å². The molecule has 0 amide bonds. The molecule has 0 saturated heterocycles. The number of H-pyrrole nitrogens is 2. The van der Waals surface area contributed by atoms with Crippen molar-refractivity contribution < 1.29 is 4.79 Å². The van der Waals surface area contributed by atoms with E-state index in [2.05, 4.69) is 35.5 Å². The molecule has 8 heteroatoms. The number of nitrogens with zero attached hydrogens (tertiary/aromatic N) is 4. The smallest absolute Gasteiger partial charge is 0.183 e. The zero-order valence-electron chi connectivity index (χ0n) is 18.0. The highest BCUT2D eigenvalue weighted by molar-refractivity contribution is 6.01. The summed E-state index contributed by atoms with van der Waals surface area (Å²) in [7, 11) is 0. The minimum absolute atomic E-state index is 0.0165. The van der Waals surface area contributed by atoms with Crippen molar-refractivity contribution in [3.8, 4) is 11.4 Å². The molecule has 3 N–H and O–H groups in total. The first-order chi connectivity index (χ1) is 16.7. The number of rotatable bonds is 6. The second kappa shape index (κ2) is 8.25. The van der Waals surface area contributed by atoms with Crippen molar-refractivity contribution >= 4 is 39.1 Å². The number of carbonyl (C=O) groups is 1. The topological polar surface area (TPSA) is 112 Å². The lowest BCUT2D eigenvalue weighted by atomic mass is 10.1. The molecule has 0 saturated carbocycles. The van der Waals surface area contributed by atoms with E-state index in [1.165, 1.54) is 0 Å². The summed E-state index contributed by atoms with van der Waals surface area (Å²) >= 11 is 0. The number of hydrogen-bond acceptors (Lipinski definition) is 6. The number of hydrogen-bond donors (Lipinski definition) is 3. The summed E-state index contributed by atoms with van der Waals surface area (Å²) < 4.78 is 0. The standard InChI is InChI=1S/C26H19N7O/c34-24(10-16-2-1-8-27-14-16)23-12-17-3-4-18(13-22(17)31-23)26-28-9-7-25(32-26)30-20-5-6-21-19(11-20)15-29-33-21/h1-9,11-15,31H,10H2,(H,29,33)(H,28,30,32). The second-order valence-electron chi connectivity index (χ2n) is 8.01. The zero-order chi connectivity index (χ0) is 22.9. The molecule has 0 aliphatic carbocycles. The summed E-state index contributed by atoms with van der Waals surface area (Å²) in [6, 6.07) is 19.3. The lowest BCUT2D eigenvalue weighted by Gasteiger charge is -2.07. The first kappa shape index (κ1) is 19.8. The maximum atomic E-state index is 12.7. The molecular weight excluding hydrogens is 426 g/mol. The fraction of sp³-hybridized carbons (Fsp3) is 0.0385. The van der Waals surface area contributed by atoms with Crippen LogP contribution in [0.1, 0.15) is 16.1 Å². The SMILES string of the molecule is O=C(Cc1cccnc1)c1cc2ccc(-c3nccc(Nc4ccc5[nH]ncc5c4)n3)cc2[nH]1. The van der Waals surface area contributed by atoms with Gasteiger partial charge in [0, 0.05) is 52.6 Å². The van der Waals surface area contributed by atoms with Gasteiger partial charge in [-0.1, -0.05) is 18.2 Å². The molecule has 0 spiro atoms. The molecular formula is C26H19N7O. The highest BCUT2D eigenvalue weighted by atomic mass is 16.1. The number of pyridine rings is 1. The molecule has 8 nitrogen and oxygen atoms in total. The number of fused-ring (bicyclic) bond motifs is 2. The first-order valence-corrected chi connectivity index (χ1v) is 10.8. The van der Waals surface area contributed by atoms with Crippen molar-refractivity contribution in [2.24, 2.45) is 0 Å². The van der Waals surface area contributed by atoms with Gasteiger partial charge < -0.3 is 10.3 Å². The van der Waals surface area contributed by atoms with Gasteiger partial charge in [-0.05, 0) is 48.0 Å². The van der Waals surface area contributed by atoms with Crippen LogP contribution in [0.25, 0.3) is 33.2 Å². The number of ketones is 1. The molecule has 0 atom stereocenters. The Morgan fingerprint density at radius 3 is 2.79 bits per heavy atom. The molecule has 0 bridgehead atoms. The zero-order valence-corrected chi connectivity index (χ0v) is 18.0. The van der Waals surface area contributed by atoms with Crippen molar-refractivity contribution in [1.29, 1.82) is 0 Å². The molecule has 164 valence electrons. The Balaban J connectivity index is 1.25. The van der Waals surface area contributed by atoms with Gasteiger partial charge in [0.25, 0.3) is 0 Å². The van der Waals surface area contributed by atoms with Crippen molar-refractivity contribution in [1.82, 2.24) is 30.1 Å². The van der Waals surface area contributed by atoms with Gasteiger partial charge in [0.15, 0.2) is 11.6 Å². The summed E-state index contributed by atoms with van der Waals surface area (Å²) in [6.07, 6.45) is 7.22. The number of aromatic amines is 2. The van der Waals surface area contributed by atoms with Gasteiger partial charge in [0.1, 0.15) is 5.82 Å². The van der Waals surface area contributed by atoms with Gasteiger partial charge >= 0.3 is 0 Å². The van der Waals surface area contributed by atoms with Crippen molar-refractivity contribution in [2.45, 2.75) is 6.42 Å². The summed E-state index contributed by atoms with van der Waals surface area (Å²) in [5.41, 5.74) is 5.06. The van der Waals surface area contributed by atoms with Crippen LogP contribution in [0.5, 0.6) is 0 Å². The van der Waals surface area contributed by atoms with E-state index >= 15 is 0 Å². The number of anilines is 2. The average molecular weight is 445 g/mol. The third kappa shape index (κ3) is 3.88. The quantitative estimate of drug-likeness (QED) is 0.309. The molecule has 2 aromatic carbocycles. The normalized spacial score (nSPS) is 11.2. The van der Waals surface area contributed by atoms with Crippen molar-refractivity contribution in [3.63, 3.8) is 0 Å². The van der Waals surface area contributed by atoms with Crippen LogP contribution in [0, 0.1) is 0 Å². The van der Waals surface area contributed by atoms with Gasteiger partial charge in [0.05, 0.1) is 17.4 Å². The molecule has 0 radical (unpaired) electrons. The third-order valence-electron chi connectivity index (χ3n) is 5.64. The monoisotopic (exact) mass is 445 g/mol. The highest BCUT2D eigenvalue weighted by Crippen LogP contribution is 2.25. The predicted molar refractivity (Wildman–Crippen MR) is 131 cm³/mol. The third-order valence-corrected chi connectivity index (χ3v) is 5.64. The van der Waals surface area contributed by atoms with Crippen LogP contribution in [0.4, 0.5) is 11.5 Å².